The summed E-state index contributed by atoms with van der Waals surface area (Å²) >= 11 is 0. The Morgan fingerprint density at radius 3 is 2.65 bits per heavy atom. The fraction of sp³-hybridized carbons (Fsp3) is 0.571. The van der Waals surface area contributed by atoms with E-state index < -0.39 is 4.92 Å². The molecule has 112 valence electrons. The van der Waals surface area contributed by atoms with E-state index in [1.807, 2.05) is 4.90 Å². The second-order valence-corrected chi connectivity index (χ2v) is 4.41. The average molecular weight is 282 g/mol. The number of aliphatic hydroxyl groups excluding tert-OH is 1. The van der Waals surface area contributed by atoms with Crippen LogP contribution in [0.5, 0.6) is 5.75 Å². The lowest BCUT2D eigenvalue weighted by atomic mass is 10.2. The molecule has 6 heteroatoms. The topological polar surface area (TPSA) is 75.8 Å². The maximum Gasteiger partial charge on any atom is 0.311 e. The van der Waals surface area contributed by atoms with Gasteiger partial charge in [0, 0.05) is 30.9 Å². The molecule has 1 aromatic carbocycles. The van der Waals surface area contributed by atoms with Crippen molar-refractivity contribution < 1.29 is 14.8 Å². The van der Waals surface area contributed by atoms with Gasteiger partial charge >= 0.3 is 5.69 Å². The lowest BCUT2D eigenvalue weighted by Crippen LogP contribution is -2.27. The molecule has 0 saturated heterocycles. The van der Waals surface area contributed by atoms with Crippen molar-refractivity contribution in [3.8, 4) is 5.75 Å². The Morgan fingerprint density at radius 1 is 1.35 bits per heavy atom. The van der Waals surface area contributed by atoms with E-state index in [0.717, 1.165) is 25.1 Å². The standard InChI is InChI=1S/C14H22N2O4/c1-3-5-8-15(9-10-17)12-6-7-13(16(18)19)14(11-12)20-4-2/h6-7,11,17H,3-5,8-10H2,1-2H3. The molecule has 0 fully saturated rings. The Bertz CT molecular complexity index is 437. The van der Waals surface area contributed by atoms with E-state index in [1.54, 1.807) is 19.1 Å². The number of hydrogen-bond donors (Lipinski definition) is 1. The maximum absolute atomic E-state index is 10.9. The zero-order valence-electron chi connectivity index (χ0n) is 12.0. The Hall–Kier alpha value is -1.82. The van der Waals surface area contributed by atoms with E-state index >= 15 is 0 Å². The van der Waals surface area contributed by atoms with Crippen LogP contribution in [0.4, 0.5) is 11.4 Å². The summed E-state index contributed by atoms with van der Waals surface area (Å²) in [6, 6.07) is 4.83. The number of benzene rings is 1. The molecular weight excluding hydrogens is 260 g/mol. The van der Waals surface area contributed by atoms with Gasteiger partial charge in [-0.1, -0.05) is 13.3 Å². The number of nitro groups is 1. The van der Waals surface area contributed by atoms with E-state index in [2.05, 4.69) is 6.92 Å². The molecule has 0 spiro atoms. The van der Waals surface area contributed by atoms with E-state index in [1.165, 1.54) is 6.07 Å². The molecule has 0 atom stereocenters. The molecule has 0 aliphatic heterocycles. The van der Waals surface area contributed by atoms with Crippen molar-refractivity contribution >= 4 is 11.4 Å². The summed E-state index contributed by atoms with van der Waals surface area (Å²) < 4.78 is 5.34. The summed E-state index contributed by atoms with van der Waals surface area (Å²) in [4.78, 5) is 12.5. The zero-order chi connectivity index (χ0) is 15.0. The predicted molar refractivity (Wildman–Crippen MR) is 78.5 cm³/mol. The molecule has 1 N–H and O–H groups in total. The van der Waals surface area contributed by atoms with Crippen molar-refractivity contribution in [3.05, 3.63) is 28.3 Å². The van der Waals surface area contributed by atoms with E-state index in [9.17, 15) is 10.1 Å². The highest BCUT2D eigenvalue weighted by atomic mass is 16.6. The van der Waals surface area contributed by atoms with Gasteiger partial charge in [-0.05, 0) is 19.4 Å². The Morgan fingerprint density at radius 2 is 2.10 bits per heavy atom. The molecule has 0 aliphatic carbocycles. The van der Waals surface area contributed by atoms with Crippen molar-refractivity contribution in [1.29, 1.82) is 0 Å². The zero-order valence-corrected chi connectivity index (χ0v) is 12.0. The van der Waals surface area contributed by atoms with Gasteiger partial charge in [0.1, 0.15) is 0 Å². The van der Waals surface area contributed by atoms with Crippen molar-refractivity contribution in [1.82, 2.24) is 0 Å². The molecule has 6 nitrogen and oxygen atoms in total. The normalized spacial score (nSPS) is 10.3. The third kappa shape index (κ3) is 4.38. The van der Waals surface area contributed by atoms with Crippen molar-refractivity contribution in [2.24, 2.45) is 0 Å². The largest absolute Gasteiger partial charge is 0.487 e. The van der Waals surface area contributed by atoms with Crippen LogP contribution in [0, 0.1) is 10.1 Å². The number of nitrogens with zero attached hydrogens (tertiary/aromatic N) is 2. The van der Waals surface area contributed by atoms with Gasteiger partial charge in [-0.3, -0.25) is 10.1 Å². The van der Waals surface area contributed by atoms with Crippen LogP contribution in [-0.4, -0.2) is 36.3 Å². The third-order valence-corrected chi connectivity index (χ3v) is 2.96. The van der Waals surface area contributed by atoms with Crippen LogP contribution >= 0.6 is 0 Å². The quantitative estimate of drug-likeness (QED) is 0.556. The first kappa shape index (κ1) is 16.2. The van der Waals surface area contributed by atoms with Gasteiger partial charge in [-0.2, -0.15) is 0 Å². The molecule has 0 amide bonds. The lowest BCUT2D eigenvalue weighted by Gasteiger charge is -2.24. The van der Waals surface area contributed by atoms with Crippen LogP contribution in [-0.2, 0) is 0 Å². The van der Waals surface area contributed by atoms with E-state index in [0.29, 0.717) is 13.2 Å². The van der Waals surface area contributed by atoms with Crippen LogP contribution in [0.15, 0.2) is 18.2 Å². The number of unbranched alkanes of at least 4 members (excludes halogenated alkanes) is 1. The van der Waals surface area contributed by atoms with Crippen LogP contribution in [0.25, 0.3) is 0 Å². The average Bonchev–Trinajstić information content (AvgIpc) is 2.43. The van der Waals surface area contributed by atoms with E-state index in [-0.39, 0.29) is 18.0 Å². The first-order valence-electron chi connectivity index (χ1n) is 6.91. The van der Waals surface area contributed by atoms with Crippen molar-refractivity contribution in [3.63, 3.8) is 0 Å². The molecule has 0 radical (unpaired) electrons. The third-order valence-electron chi connectivity index (χ3n) is 2.96. The molecule has 0 aromatic heterocycles. The van der Waals surface area contributed by atoms with Gasteiger partial charge in [-0.15, -0.1) is 0 Å². The van der Waals surface area contributed by atoms with Crippen molar-refractivity contribution in [2.45, 2.75) is 26.7 Å². The molecule has 0 unspecified atom stereocenters. The SMILES string of the molecule is CCCCN(CCO)c1ccc([N+](=O)[O-])c(OCC)c1. The molecule has 0 saturated carbocycles. The number of ether oxygens (including phenoxy) is 1. The fourth-order valence-electron chi connectivity index (χ4n) is 1.96. The van der Waals surface area contributed by atoms with Gasteiger partial charge in [0.15, 0.2) is 5.75 Å². The lowest BCUT2D eigenvalue weighted by molar-refractivity contribution is -0.385. The van der Waals surface area contributed by atoms with Crippen molar-refractivity contribution in [2.75, 3.05) is 31.2 Å². The highest BCUT2D eigenvalue weighted by molar-refractivity contribution is 5.59. The number of aliphatic hydroxyl groups is 1. The fourth-order valence-corrected chi connectivity index (χ4v) is 1.96. The summed E-state index contributed by atoms with van der Waals surface area (Å²) in [5.74, 6) is 0.273. The van der Waals surface area contributed by atoms with Crippen LogP contribution in [0.1, 0.15) is 26.7 Å². The number of nitro benzene ring substituents is 1. The van der Waals surface area contributed by atoms with Gasteiger partial charge < -0.3 is 14.7 Å². The molecule has 0 heterocycles. The minimum absolute atomic E-state index is 0.0324. The summed E-state index contributed by atoms with van der Waals surface area (Å²) in [7, 11) is 0. The summed E-state index contributed by atoms with van der Waals surface area (Å²) in [5, 5.41) is 20.1. The highest BCUT2D eigenvalue weighted by Gasteiger charge is 2.17. The Balaban J connectivity index is 3.03. The van der Waals surface area contributed by atoms with Gasteiger partial charge in [0.25, 0.3) is 0 Å². The van der Waals surface area contributed by atoms with Gasteiger partial charge in [-0.25, -0.2) is 0 Å². The van der Waals surface area contributed by atoms with E-state index in [4.69, 9.17) is 9.84 Å². The highest BCUT2D eigenvalue weighted by Crippen LogP contribution is 2.31. The second kappa shape index (κ2) is 8.37. The monoisotopic (exact) mass is 282 g/mol. The second-order valence-electron chi connectivity index (χ2n) is 4.41. The van der Waals surface area contributed by atoms with Gasteiger partial charge in [0.2, 0.25) is 0 Å². The summed E-state index contributed by atoms with van der Waals surface area (Å²) in [6.45, 7) is 5.62. The minimum atomic E-state index is -0.447. The summed E-state index contributed by atoms with van der Waals surface area (Å²) in [6.07, 6.45) is 2.05. The molecule has 1 aromatic rings. The first-order valence-corrected chi connectivity index (χ1v) is 6.91. The molecule has 20 heavy (non-hydrogen) atoms. The number of rotatable bonds is 9. The maximum atomic E-state index is 10.9. The Kier molecular flexibility index (Phi) is 6.79. The molecule has 0 bridgehead atoms. The van der Waals surface area contributed by atoms with Crippen LogP contribution in [0.2, 0.25) is 0 Å². The molecule has 0 aliphatic rings. The smallest absolute Gasteiger partial charge is 0.311 e. The van der Waals surface area contributed by atoms with Gasteiger partial charge in [0.05, 0.1) is 18.1 Å². The predicted octanol–water partition coefficient (Wildman–Crippen LogP) is 2.59. The molecule has 1 rings (SSSR count). The first-order chi connectivity index (χ1) is 9.63. The number of anilines is 1. The summed E-state index contributed by atoms with van der Waals surface area (Å²) in [5.41, 5.74) is 0.802. The van der Waals surface area contributed by atoms with Crippen LogP contribution < -0.4 is 9.64 Å². The Labute approximate surface area is 119 Å². The van der Waals surface area contributed by atoms with Crippen LogP contribution in [0.3, 0.4) is 0 Å². The number of hydrogen-bond acceptors (Lipinski definition) is 5. The minimum Gasteiger partial charge on any atom is -0.487 e. The molecular formula is C14H22N2O4.